The first kappa shape index (κ1) is 18.5. The number of carboxylic acids is 2. The first-order valence-corrected chi connectivity index (χ1v) is 7.46. The lowest BCUT2D eigenvalue weighted by molar-refractivity contribution is -0.141. The number of ether oxygens (including phenoxy) is 1. The summed E-state index contributed by atoms with van der Waals surface area (Å²) in [5.74, 6) is -1.52. The molecule has 126 valence electrons. The minimum absolute atomic E-state index is 0.471. The van der Waals surface area contributed by atoms with Gasteiger partial charge in [0.25, 0.3) is 0 Å². The summed E-state index contributed by atoms with van der Waals surface area (Å²) in [4.78, 5) is 21.3. The van der Waals surface area contributed by atoms with Gasteiger partial charge in [-0.1, -0.05) is 19.8 Å². The molecule has 0 spiro atoms. The molecule has 0 radical (unpaired) electrons. The van der Waals surface area contributed by atoms with Crippen LogP contribution in [0.15, 0.2) is 29.4 Å². The van der Waals surface area contributed by atoms with Crippen molar-refractivity contribution in [2.75, 3.05) is 19.7 Å². The normalized spacial score (nSPS) is 10.7. The fourth-order valence-electron chi connectivity index (χ4n) is 1.79. The Morgan fingerprint density at radius 3 is 2.26 bits per heavy atom. The van der Waals surface area contributed by atoms with Crippen LogP contribution in [-0.2, 0) is 9.59 Å². The van der Waals surface area contributed by atoms with Crippen LogP contribution < -0.4 is 4.74 Å². The highest BCUT2D eigenvalue weighted by Crippen LogP contribution is 2.12. The molecule has 1 aromatic rings. The van der Waals surface area contributed by atoms with Crippen molar-refractivity contribution in [1.29, 1.82) is 0 Å². The van der Waals surface area contributed by atoms with Gasteiger partial charge in [-0.2, -0.15) is 5.10 Å². The summed E-state index contributed by atoms with van der Waals surface area (Å²) in [6.07, 6.45) is 4.71. The molecule has 7 nitrogen and oxygen atoms in total. The van der Waals surface area contributed by atoms with Crippen LogP contribution in [0.25, 0.3) is 0 Å². The Bertz CT molecular complexity index is 512. The molecule has 0 saturated carbocycles. The number of carbonyl (C=O) groups is 2. The maximum absolute atomic E-state index is 10.7. The van der Waals surface area contributed by atoms with Gasteiger partial charge in [-0.15, -0.1) is 0 Å². The largest absolute Gasteiger partial charge is 0.494 e. The van der Waals surface area contributed by atoms with E-state index < -0.39 is 25.0 Å². The Morgan fingerprint density at radius 2 is 1.74 bits per heavy atom. The second-order valence-electron chi connectivity index (χ2n) is 4.98. The van der Waals surface area contributed by atoms with Gasteiger partial charge in [0.05, 0.1) is 12.8 Å². The van der Waals surface area contributed by atoms with Crippen LogP contribution in [0.1, 0.15) is 31.7 Å². The number of hydrogen-bond donors (Lipinski definition) is 2. The van der Waals surface area contributed by atoms with Gasteiger partial charge in [-0.05, 0) is 36.2 Å². The van der Waals surface area contributed by atoms with Crippen molar-refractivity contribution in [2.24, 2.45) is 5.10 Å². The molecule has 23 heavy (non-hydrogen) atoms. The number of hydrogen-bond acceptors (Lipinski definition) is 5. The van der Waals surface area contributed by atoms with Gasteiger partial charge >= 0.3 is 11.9 Å². The smallest absolute Gasteiger partial charge is 0.324 e. The number of aliphatic carboxylic acids is 2. The standard InChI is InChI=1S/C16H22N2O5/c1-2-3-4-9-23-14-7-5-13(6-8-14)10-17-18(11-15(19)20)12-16(21)22/h5-8,10H,2-4,9,11-12H2,1H3,(H,19,20)(H,21,22)/b17-10-. The Kier molecular flexibility index (Phi) is 8.20. The maximum Gasteiger partial charge on any atom is 0.324 e. The van der Waals surface area contributed by atoms with Crippen LogP contribution in [0.3, 0.4) is 0 Å². The van der Waals surface area contributed by atoms with Gasteiger partial charge in [-0.3, -0.25) is 14.6 Å². The highest BCUT2D eigenvalue weighted by Gasteiger charge is 2.10. The third-order valence-corrected chi connectivity index (χ3v) is 2.90. The fourth-order valence-corrected chi connectivity index (χ4v) is 1.79. The molecule has 0 aliphatic carbocycles. The third kappa shape index (κ3) is 8.45. The molecule has 0 aliphatic heterocycles. The second-order valence-corrected chi connectivity index (χ2v) is 4.98. The average Bonchev–Trinajstić information content (AvgIpc) is 2.49. The van der Waals surface area contributed by atoms with Gasteiger partial charge in [-0.25, -0.2) is 0 Å². The van der Waals surface area contributed by atoms with Crippen molar-refractivity contribution in [3.63, 3.8) is 0 Å². The van der Waals surface area contributed by atoms with E-state index in [0.717, 1.165) is 35.6 Å². The van der Waals surface area contributed by atoms with Crippen LogP contribution >= 0.6 is 0 Å². The monoisotopic (exact) mass is 322 g/mol. The van der Waals surface area contributed by atoms with Crippen molar-refractivity contribution < 1.29 is 24.5 Å². The minimum Gasteiger partial charge on any atom is -0.494 e. The Hall–Kier alpha value is -2.57. The molecular formula is C16H22N2O5. The summed E-state index contributed by atoms with van der Waals surface area (Å²) in [6, 6.07) is 7.15. The summed E-state index contributed by atoms with van der Waals surface area (Å²) in [5.41, 5.74) is 0.728. The van der Waals surface area contributed by atoms with E-state index >= 15 is 0 Å². The van der Waals surface area contributed by atoms with E-state index in [2.05, 4.69) is 12.0 Å². The van der Waals surface area contributed by atoms with E-state index in [-0.39, 0.29) is 0 Å². The molecule has 0 atom stereocenters. The molecule has 0 fully saturated rings. The predicted molar refractivity (Wildman–Crippen MR) is 85.9 cm³/mol. The maximum atomic E-state index is 10.7. The highest BCUT2D eigenvalue weighted by molar-refractivity contribution is 5.80. The summed E-state index contributed by atoms with van der Waals surface area (Å²) in [6.45, 7) is 1.86. The van der Waals surface area contributed by atoms with Crippen molar-refractivity contribution in [3.05, 3.63) is 29.8 Å². The van der Waals surface area contributed by atoms with Crippen LogP contribution in [0.5, 0.6) is 5.75 Å². The number of nitrogens with zero attached hydrogens (tertiary/aromatic N) is 2. The molecule has 0 saturated heterocycles. The molecule has 1 aromatic carbocycles. The van der Waals surface area contributed by atoms with Crippen LogP contribution in [0, 0.1) is 0 Å². The molecule has 2 N–H and O–H groups in total. The molecule has 7 heteroatoms. The van der Waals surface area contributed by atoms with E-state index in [1.165, 1.54) is 6.21 Å². The van der Waals surface area contributed by atoms with Gasteiger partial charge in [0, 0.05) is 0 Å². The van der Waals surface area contributed by atoms with Gasteiger partial charge < -0.3 is 14.9 Å². The molecular weight excluding hydrogens is 300 g/mol. The fraction of sp³-hybridized carbons (Fsp3) is 0.438. The minimum atomic E-state index is -1.14. The zero-order chi connectivity index (χ0) is 17.1. The van der Waals surface area contributed by atoms with E-state index in [1.54, 1.807) is 24.3 Å². The molecule has 0 aliphatic rings. The number of hydrazone groups is 1. The predicted octanol–water partition coefficient (Wildman–Crippen LogP) is 2.06. The van der Waals surface area contributed by atoms with Crippen LogP contribution in [0.2, 0.25) is 0 Å². The SMILES string of the molecule is CCCCCOc1ccc(/C=N\N(CC(=O)O)CC(=O)O)cc1. The lowest BCUT2D eigenvalue weighted by atomic mass is 10.2. The molecule has 1 rings (SSSR count). The van der Waals surface area contributed by atoms with Gasteiger partial charge in [0.2, 0.25) is 0 Å². The summed E-state index contributed by atoms with van der Waals surface area (Å²) in [5, 5.41) is 22.3. The molecule has 0 unspecified atom stereocenters. The molecule has 0 aromatic heterocycles. The molecule has 0 bridgehead atoms. The van der Waals surface area contributed by atoms with Crippen molar-refractivity contribution in [2.45, 2.75) is 26.2 Å². The number of carboxylic acid groups (broad SMARTS) is 2. The molecule has 0 heterocycles. The van der Waals surface area contributed by atoms with Crippen LogP contribution in [-0.4, -0.2) is 53.1 Å². The van der Waals surface area contributed by atoms with Crippen LogP contribution in [0.4, 0.5) is 0 Å². The number of rotatable bonds is 11. The van der Waals surface area contributed by atoms with E-state index in [9.17, 15) is 9.59 Å². The van der Waals surface area contributed by atoms with E-state index in [1.807, 2.05) is 0 Å². The van der Waals surface area contributed by atoms with E-state index in [4.69, 9.17) is 14.9 Å². The number of benzene rings is 1. The lowest BCUT2D eigenvalue weighted by Gasteiger charge is -2.13. The lowest BCUT2D eigenvalue weighted by Crippen LogP contribution is -2.30. The Labute approximate surface area is 135 Å². The first-order chi connectivity index (χ1) is 11.0. The summed E-state index contributed by atoms with van der Waals surface area (Å²) < 4.78 is 5.58. The number of unbranched alkanes of at least 4 members (excludes halogenated alkanes) is 2. The third-order valence-electron chi connectivity index (χ3n) is 2.90. The van der Waals surface area contributed by atoms with Crippen molar-refractivity contribution in [3.8, 4) is 5.75 Å². The van der Waals surface area contributed by atoms with Gasteiger partial charge in [0.1, 0.15) is 18.8 Å². The van der Waals surface area contributed by atoms with Crippen molar-refractivity contribution >= 4 is 18.2 Å². The second kappa shape index (κ2) is 10.2. The van der Waals surface area contributed by atoms with Crippen molar-refractivity contribution in [1.82, 2.24) is 5.01 Å². The average molecular weight is 322 g/mol. The first-order valence-electron chi connectivity index (χ1n) is 7.46. The molecule has 0 amide bonds. The van der Waals surface area contributed by atoms with Gasteiger partial charge in [0.15, 0.2) is 0 Å². The Balaban J connectivity index is 2.56. The summed E-state index contributed by atoms with van der Waals surface area (Å²) in [7, 11) is 0. The quantitative estimate of drug-likeness (QED) is 0.367. The summed E-state index contributed by atoms with van der Waals surface area (Å²) >= 11 is 0. The van der Waals surface area contributed by atoms with E-state index in [0.29, 0.717) is 6.61 Å². The zero-order valence-corrected chi connectivity index (χ0v) is 13.1. The highest BCUT2D eigenvalue weighted by atomic mass is 16.5. The topological polar surface area (TPSA) is 99.4 Å². The Morgan fingerprint density at radius 1 is 1.13 bits per heavy atom. The zero-order valence-electron chi connectivity index (χ0n) is 13.1.